The summed E-state index contributed by atoms with van der Waals surface area (Å²) in [7, 11) is 0. The summed E-state index contributed by atoms with van der Waals surface area (Å²) < 4.78 is 0. The largest absolute Gasteiger partial charge is 0.349 e. The van der Waals surface area contributed by atoms with Crippen molar-refractivity contribution in [1.82, 2.24) is 5.32 Å². The molecule has 0 bridgehead atoms. The second-order valence-corrected chi connectivity index (χ2v) is 6.47. The van der Waals surface area contributed by atoms with Crippen LogP contribution in [0.4, 0.5) is 5.69 Å². The lowest BCUT2D eigenvalue weighted by atomic mass is 9.92. The summed E-state index contributed by atoms with van der Waals surface area (Å²) in [5, 5.41) is 13.9. The van der Waals surface area contributed by atoms with Crippen LogP contribution >= 0.6 is 11.6 Å². The van der Waals surface area contributed by atoms with Gasteiger partial charge in [0.25, 0.3) is 11.6 Å². The molecule has 20 heavy (non-hydrogen) atoms. The second kappa shape index (κ2) is 5.40. The predicted octanol–water partition coefficient (Wildman–Crippen LogP) is 3.56. The van der Waals surface area contributed by atoms with E-state index >= 15 is 0 Å². The smallest absolute Gasteiger partial charge is 0.271 e. The minimum Gasteiger partial charge on any atom is -0.349 e. The Kier molecular flexibility index (Phi) is 3.99. The molecule has 1 unspecified atom stereocenters. The number of rotatable bonds is 3. The van der Waals surface area contributed by atoms with Crippen molar-refractivity contribution in [3.05, 3.63) is 38.9 Å². The maximum Gasteiger partial charge on any atom is 0.271 e. The zero-order valence-electron chi connectivity index (χ0n) is 11.5. The van der Waals surface area contributed by atoms with Crippen LogP contribution in [0, 0.1) is 15.5 Å². The van der Waals surface area contributed by atoms with Gasteiger partial charge in [0.05, 0.1) is 4.92 Å². The molecular weight excluding hydrogens is 280 g/mol. The Hall–Kier alpha value is -1.62. The highest BCUT2D eigenvalue weighted by molar-refractivity contribution is 6.31. The summed E-state index contributed by atoms with van der Waals surface area (Å²) in [4.78, 5) is 22.4. The quantitative estimate of drug-likeness (QED) is 0.684. The monoisotopic (exact) mass is 296 g/mol. The Labute approximate surface area is 122 Å². The van der Waals surface area contributed by atoms with Gasteiger partial charge in [0.15, 0.2) is 0 Å². The fraction of sp³-hybridized carbons (Fsp3) is 0.500. The summed E-state index contributed by atoms with van der Waals surface area (Å²) >= 11 is 5.82. The Morgan fingerprint density at radius 3 is 2.70 bits per heavy atom. The van der Waals surface area contributed by atoms with Crippen LogP contribution in [0.2, 0.25) is 5.02 Å². The summed E-state index contributed by atoms with van der Waals surface area (Å²) in [6.07, 6.45) is 2.91. The van der Waals surface area contributed by atoms with Crippen molar-refractivity contribution in [1.29, 1.82) is 0 Å². The number of halogens is 1. The summed E-state index contributed by atoms with van der Waals surface area (Å²) in [5.41, 5.74) is 0.293. The predicted molar refractivity (Wildman–Crippen MR) is 77.0 cm³/mol. The van der Waals surface area contributed by atoms with E-state index in [1.165, 1.54) is 18.2 Å². The van der Waals surface area contributed by atoms with Crippen LogP contribution in [-0.2, 0) is 0 Å². The first-order valence-electron chi connectivity index (χ1n) is 6.53. The molecular formula is C14H17ClN2O3. The van der Waals surface area contributed by atoms with Crippen LogP contribution in [0.1, 0.15) is 43.5 Å². The topological polar surface area (TPSA) is 72.2 Å². The number of non-ortho nitro benzene ring substituents is 1. The lowest BCUT2D eigenvalue weighted by molar-refractivity contribution is -0.384. The number of hydrogen-bond acceptors (Lipinski definition) is 3. The highest BCUT2D eigenvalue weighted by atomic mass is 35.5. The summed E-state index contributed by atoms with van der Waals surface area (Å²) in [6.45, 7) is 4.34. The molecule has 1 saturated carbocycles. The van der Waals surface area contributed by atoms with E-state index in [0.29, 0.717) is 0 Å². The molecule has 1 aromatic rings. The molecule has 1 fully saturated rings. The van der Waals surface area contributed by atoms with Gasteiger partial charge in [-0.1, -0.05) is 25.4 Å². The number of hydrogen-bond donors (Lipinski definition) is 1. The molecule has 0 saturated heterocycles. The lowest BCUT2D eigenvalue weighted by Gasteiger charge is -2.17. The Morgan fingerprint density at radius 2 is 2.15 bits per heavy atom. The van der Waals surface area contributed by atoms with E-state index < -0.39 is 4.92 Å². The molecule has 1 atom stereocenters. The number of nitrogens with zero attached hydrogens (tertiary/aromatic N) is 1. The highest BCUT2D eigenvalue weighted by Crippen LogP contribution is 2.37. The van der Waals surface area contributed by atoms with Gasteiger partial charge < -0.3 is 5.32 Å². The first-order valence-corrected chi connectivity index (χ1v) is 6.90. The van der Waals surface area contributed by atoms with Gasteiger partial charge in [0, 0.05) is 28.8 Å². The third kappa shape index (κ3) is 3.48. The van der Waals surface area contributed by atoms with E-state index in [4.69, 9.17) is 11.6 Å². The molecule has 2 rings (SSSR count). The number of amides is 1. The fourth-order valence-corrected chi connectivity index (χ4v) is 2.87. The molecule has 0 heterocycles. The summed E-state index contributed by atoms with van der Waals surface area (Å²) in [5.74, 6) is -0.307. The van der Waals surface area contributed by atoms with Crippen LogP contribution in [0.3, 0.4) is 0 Å². The van der Waals surface area contributed by atoms with E-state index in [-0.39, 0.29) is 33.6 Å². The molecule has 1 amide bonds. The molecule has 6 heteroatoms. The van der Waals surface area contributed by atoms with Crippen molar-refractivity contribution < 1.29 is 9.72 Å². The standard InChI is InChI=1S/C14H17ClN2O3/c1-14(2)4-3-11(8-14)16-13(18)9-5-10(15)7-12(6-9)17(19)20/h5-7,11H,3-4,8H2,1-2H3,(H,16,18). The molecule has 0 radical (unpaired) electrons. The van der Waals surface area contributed by atoms with Gasteiger partial charge in [0.1, 0.15) is 0 Å². The third-order valence-corrected chi connectivity index (χ3v) is 3.88. The number of nitrogens with one attached hydrogen (secondary N) is 1. The number of carbonyl (C=O) groups excluding carboxylic acids is 1. The van der Waals surface area contributed by atoms with Crippen LogP contribution in [0.15, 0.2) is 18.2 Å². The number of carbonyl (C=O) groups is 1. The van der Waals surface area contributed by atoms with Crippen molar-refractivity contribution in [3.63, 3.8) is 0 Å². The number of benzene rings is 1. The molecule has 1 aromatic carbocycles. The van der Waals surface area contributed by atoms with Crippen LogP contribution in [0.25, 0.3) is 0 Å². The number of nitro groups is 1. The average molecular weight is 297 g/mol. The van der Waals surface area contributed by atoms with Crippen LogP contribution in [0.5, 0.6) is 0 Å². The maximum atomic E-state index is 12.1. The van der Waals surface area contributed by atoms with Gasteiger partial charge in [-0.3, -0.25) is 14.9 Å². The zero-order chi connectivity index (χ0) is 14.9. The van der Waals surface area contributed by atoms with Gasteiger partial charge in [0.2, 0.25) is 0 Å². The van der Waals surface area contributed by atoms with Crippen molar-refractivity contribution in [3.8, 4) is 0 Å². The highest BCUT2D eigenvalue weighted by Gasteiger charge is 2.32. The SMILES string of the molecule is CC1(C)CCC(NC(=O)c2cc(Cl)cc([N+](=O)[O-])c2)C1. The van der Waals surface area contributed by atoms with Crippen molar-refractivity contribution in [2.24, 2.45) is 5.41 Å². The maximum absolute atomic E-state index is 12.1. The van der Waals surface area contributed by atoms with Gasteiger partial charge in [-0.2, -0.15) is 0 Å². The summed E-state index contributed by atoms with van der Waals surface area (Å²) in [6, 6.07) is 4.05. The van der Waals surface area contributed by atoms with Gasteiger partial charge in [-0.05, 0) is 30.7 Å². The van der Waals surface area contributed by atoms with Crippen molar-refractivity contribution in [2.45, 2.75) is 39.2 Å². The molecule has 0 aromatic heterocycles. The van der Waals surface area contributed by atoms with E-state index in [9.17, 15) is 14.9 Å². The molecule has 0 spiro atoms. The Balaban J connectivity index is 2.12. The zero-order valence-corrected chi connectivity index (χ0v) is 12.2. The minimum atomic E-state index is -0.554. The molecule has 108 valence electrons. The lowest BCUT2D eigenvalue weighted by Crippen LogP contribution is -2.33. The van der Waals surface area contributed by atoms with Crippen molar-refractivity contribution >= 4 is 23.2 Å². The minimum absolute atomic E-state index is 0.121. The first kappa shape index (κ1) is 14.8. The van der Waals surface area contributed by atoms with Crippen LogP contribution in [-0.4, -0.2) is 16.9 Å². The Morgan fingerprint density at radius 1 is 1.45 bits per heavy atom. The third-order valence-electron chi connectivity index (χ3n) is 3.66. The molecule has 1 N–H and O–H groups in total. The van der Waals surface area contributed by atoms with Gasteiger partial charge >= 0.3 is 0 Å². The number of nitro benzene ring substituents is 1. The molecule has 1 aliphatic rings. The average Bonchev–Trinajstić information content (AvgIpc) is 2.67. The molecule has 5 nitrogen and oxygen atoms in total. The second-order valence-electron chi connectivity index (χ2n) is 6.03. The Bertz CT molecular complexity index is 557. The fourth-order valence-electron chi connectivity index (χ4n) is 2.64. The van der Waals surface area contributed by atoms with Crippen LogP contribution < -0.4 is 5.32 Å². The molecule has 0 aliphatic heterocycles. The van der Waals surface area contributed by atoms with Crippen molar-refractivity contribution in [2.75, 3.05) is 0 Å². The normalized spacial score (nSPS) is 20.6. The van der Waals surface area contributed by atoms with Gasteiger partial charge in [-0.15, -0.1) is 0 Å². The first-order chi connectivity index (χ1) is 9.27. The van der Waals surface area contributed by atoms with E-state index in [1.807, 2.05) is 0 Å². The molecule has 1 aliphatic carbocycles. The van der Waals surface area contributed by atoms with E-state index in [2.05, 4.69) is 19.2 Å². The van der Waals surface area contributed by atoms with E-state index in [1.54, 1.807) is 0 Å². The van der Waals surface area contributed by atoms with Gasteiger partial charge in [-0.25, -0.2) is 0 Å². The van der Waals surface area contributed by atoms with E-state index in [0.717, 1.165) is 19.3 Å².